The van der Waals surface area contributed by atoms with Crippen molar-refractivity contribution in [3.05, 3.63) is 30.3 Å². The minimum Gasteiger partial charge on any atom is -0.326 e. The molecule has 1 aromatic carbocycles. The molecule has 1 heterocycles. The summed E-state index contributed by atoms with van der Waals surface area (Å²) in [6.07, 6.45) is 1.08. The lowest BCUT2D eigenvalue weighted by Gasteiger charge is -2.35. The zero-order valence-electron chi connectivity index (χ0n) is 12.5. The molecule has 1 aliphatic rings. The second-order valence-corrected chi connectivity index (χ2v) is 5.64. The highest BCUT2D eigenvalue weighted by Gasteiger charge is 2.25. The Morgan fingerprint density at radius 1 is 1.40 bits per heavy atom. The maximum absolute atomic E-state index is 12.5. The van der Waals surface area contributed by atoms with Crippen molar-refractivity contribution < 1.29 is 4.79 Å². The third-order valence-corrected chi connectivity index (χ3v) is 4.14. The van der Waals surface area contributed by atoms with E-state index in [-0.39, 0.29) is 11.9 Å². The second kappa shape index (κ2) is 6.86. The molecule has 4 nitrogen and oxygen atoms in total. The van der Waals surface area contributed by atoms with Gasteiger partial charge in [-0.3, -0.25) is 9.69 Å². The summed E-state index contributed by atoms with van der Waals surface area (Å²) in [7, 11) is 0. The van der Waals surface area contributed by atoms with Crippen LogP contribution in [-0.4, -0.2) is 43.0 Å². The van der Waals surface area contributed by atoms with Gasteiger partial charge in [-0.05, 0) is 37.9 Å². The first-order valence-electron chi connectivity index (χ1n) is 7.45. The molecule has 2 N–H and O–H groups in total. The minimum atomic E-state index is 0.153. The number of nitrogens with zero attached hydrogens (tertiary/aromatic N) is 2. The third kappa shape index (κ3) is 3.58. The summed E-state index contributed by atoms with van der Waals surface area (Å²) in [5.74, 6) is 0.707. The number of para-hydroxylation sites is 1. The number of piperidine rings is 1. The topological polar surface area (TPSA) is 49.6 Å². The first-order valence-corrected chi connectivity index (χ1v) is 7.45. The van der Waals surface area contributed by atoms with Gasteiger partial charge in [-0.1, -0.05) is 25.1 Å². The molecule has 1 aliphatic heterocycles. The molecule has 1 fully saturated rings. The molecule has 1 aromatic rings. The van der Waals surface area contributed by atoms with Crippen molar-refractivity contribution in [1.82, 2.24) is 4.90 Å². The highest BCUT2D eigenvalue weighted by molar-refractivity contribution is 5.94. The van der Waals surface area contributed by atoms with Crippen LogP contribution in [0.2, 0.25) is 0 Å². The van der Waals surface area contributed by atoms with Crippen LogP contribution in [0, 0.1) is 5.92 Å². The summed E-state index contributed by atoms with van der Waals surface area (Å²) in [5, 5.41) is 0. The molecule has 1 saturated heterocycles. The van der Waals surface area contributed by atoms with Crippen LogP contribution in [0.1, 0.15) is 20.3 Å². The average molecular weight is 275 g/mol. The highest BCUT2D eigenvalue weighted by atomic mass is 16.2. The lowest BCUT2D eigenvalue weighted by atomic mass is 9.94. The van der Waals surface area contributed by atoms with Crippen molar-refractivity contribution in [2.75, 3.05) is 31.1 Å². The third-order valence-electron chi connectivity index (χ3n) is 4.14. The number of carbonyl (C=O) groups excluding carboxylic acids is 1. The van der Waals surface area contributed by atoms with Crippen LogP contribution in [0.5, 0.6) is 0 Å². The summed E-state index contributed by atoms with van der Waals surface area (Å²) in [5.41, 5.74) is 7.06. The zero-order chi connectivity index (χ0) is 14.5. The minimum absolute atomic E-state index is 0.153. The molecule has 110 valence electrons. The number of rotatable bonds is 4. The first-order chi connectivity index (χ1) is 9.61. The second-order valence-electron chi connectivity index (χ2n) is 5.64. The monoisotopic (exact) mass is 275 g/mol. The number of nitrogens with two attached hydrogens (primary N) is 1. The van der Waals surface area contributed by atoms with E-state index >= 15 is 0 Å². The molecular formula is C16H25N3O. The number of benzene rings is 1. The number of hydrogen-bond acceptors (Lipinski definition) is 3. The largest absolute Gasteiger partial charge is 0.326 e. The summed E-state index contributed by atoms with van der Waals surface area (Å²) in [6.45, 7) is 7.13. The van der Waals surface area contributed by atoms with Crippen molar-refractivity contribution in [2.45, 2.75) is 26.3 Å². The van der Waals surface area contributed by atoms with Crippen LogP contribution < -0.4 is 10.6 Å². The van der Waals surface area contributed by atoms with Crippen LogP contribution in [0.25, 0.3) is 0 Å². The maximum atomic E-state index is 12.5. The standard InChI is InChI=1S/C16H25N3O/c1-3-19(14-7-5-4-6-8-14)16(20)12-18-10-9-13(2)15(17)11-18/h4-8,13,15H,3,9-12,17H2,1-2H3. The van der Waals surface area contributed by atoms with Gasteiger partial charge in [0.05, 0.1) is 6.54 Å². The first kappa shape index (κ1) is 15.0. The van der Waals surface area contributed by atoms with Gasteiger partial charge in [0.25, 0.3) is 0 Å². The van der Waals surface area contributed by atoms with E-state index in [4.69, 9.17) is 5.73 Å². The Morgan fingerprint density at radius 2 is 2.10 bits per heavy atom. The smallest absolute Gasteiger partial charge is 0.241 e. The molecule has 0 spiro atoms. The summed E-state index contributed by atoms with van der Waals surface area (Å²) >= 11 is 0. The number of amides is 1. The van der Waals surface area contributed by atoms with Gasteiger partial charge in [-0.2, -0.15) is 0 Å². The van der Waals surface area contributed by atoms with E-state index in [0.29, 0.717) is 19.0 Å². The Labute approximate surface area is 121 Å². The number of likely N-dealkylation sites (N-methyl/N-ethyl adjacent to an activating group) is 1. The molecule has 2 unspecified atom stereocenters. The van der Waals surface area contributed by atoms with E-state index < -0.39 is 0 Å². The van der Waals surface area contributed by atoms with Gasteiger partial charge in [-0.15, -0.1) is 0 Å². The number of carbonyl (C=O) groups is 1. The normalized spacial score (nSPS) is 23.6. The van der Waals surface area contributed by atoms with Gasteiger partial charge in [0, 0.05) is 24.8 Å². The molecule has 0 aromatic heterocycles. The predicted molar refractivity (Wildman–Crippen MR) is 82.7 cm³/mol. The molecule has 4 heteroatoms. The molecule has 2 atom stereocenters. The Balaban J connectivity index is 1.96. The van der Waals surface area contributed by atoms with E-state index in [0.717, 1.165) is 25.2 Å². The van der Waals surface area contributed by atoms with Crippen molar-refractivity contribution in [3.8, 4) is 0 Å². The van der Waals surface area contributed by atoms with E-state index in [1.54, 1.807) is 0 Å². The van der Waals surface area contributed by atoms with Gasteiger partial charge >= 0.3 is 0 Å². The van der Waals surface area contributed by atoms with E-state index in [9.17, 15) is 4.79 Å². The zero-order valence-corrected chi connectivity index (χ0v) is 12.5. The predicted octanol–water partition coefficient (Wildman–Crippen LogP) is 1.71. The summed E-state index contributed by atoms with van der Waals surface area (Å²) < 4.78 is 0. The van der Waals surface area contributed by atoms with Gasteiger partial charge in [-0.25, -0.2) is 0 Å². The van der Waals surface area contributed by atoms with E-state index in [1.165, 1.54) is 0 Å². The molecular weight excluding hydrogens is 250 g/mol. The quantitative estimate of drug-likeness (QED) is 0.910. The fraction of sp³-hybridized carbons (Fsp3) is 0.562. The van der Waals surface area contributed by atoms with Crippen LogP contribution in [0.15, 0.2) is 30.3 Å². The van der Waals surface area contributed by atoms with E-state index in [2.05, 4.69) is 11.8 Å². The molecule has 2 rings (SSSR count). The lowest BCUT2D eigenvalue weighted by molar-refractivity contribution is -0.120. The van der Waals surface area contributed by atoms with Gasteiger partial charge < -0.3 is 10.6 Å². The molecule has 20 heavy (non-hydrogen) atoms. The lowest BCUT2D eigenvalue weighted by Crippen LogP contribution is -2.51. The van der Waals surface area contributed by atoms with Crippen molar-refractivity contribution >= 4 is 11.6 Å². The summed E-state index contributed by atoms with van der Waals surface area (Å²) in [4.78, 5) is 16.5. The Bertz CT molecular complexity index is 435. The molecule has 0 aliphatic carbocycles. The number of hydrogen-bond donors (Lipinski definition) is 1. The van der Waals surface area contributed by atoms with Gasteiger partial charge in [0.1, 0.15) is 0 Å². The van der Waals surface area contributed by atoms with Gasteiger partial charge in [0.15, 0.2) is 0 Å². The average Bonchev–Trinajstić information content (AvgIpc) is 2.45. The van der Waals surface area contributed by atoms with Crippen molar-refractivity contribution in [3.63, 3.8) is 0 Å². The van der Waals surface area contributed by atoms with Crippen LogP contribution in [0.3, 0.4) is 0 Å². The fourth-order valence-electron chi connectivity index (χ4n) is 2.70. The highest BCUT2D eigenvalue weighted by Crippen LogP contribution is 2.17. The fourth-order valence-corrected chi connectivity index (χ4v) is 2.70. The Morgan fingerprint density at radius 3 is 2.70 bits per heavy atom. The molecule has 0 bridgehead atoms. The maximum Gasteiger partial charge on any atom is 0.241 e. The van der Waals surface area contributed by atoms with Crippen LogP contribution in [-0.2, 0) is 4.79 Å². The number of anilines is 1. The van der Waals surface area contributed by atoms with Crippen molar-refractivity contribution in [2.24, 2.45) is 11.7 Å². The Kier molecular flexibility index (Phi) is 5.15. The molecule has 0 radical (unpaired) electrons. The van der Waals surface area contributed by atoms with Crippen LogP contribution in [0.4, 0.5) is 5.69 Å². The van der Waals surface area contributed by atoms with E-state index in [1.807, 2.05) is 42.2 Å². The molecule has 1 amide bonds. The van der Waals surface area contributed by atoms with Gasteiger partial charge in [0.2, 0.25) is 5.91 Å². The van der Waals surface area contributed by atoms with Crippen molar-refractivity contribution in [1.29, 1.82) is 0 Å². The summed E-state index contributed by atoms with van der Waals surface area (Å²) in [6, 6.07) is 10.0. The Hall–Kier alpha value is -1.39. The molecule has 0 saturated carbocycles. The van der Waals surface area contributed by atoms with Crippen LogP contribution >= 0.6 is 0 Å². The number of likely N-dealkylation sites (tertiary alicyclic amines) is 1. The SMILES string of the molecule is CCN(C(=O)CN1CCC(C)C(N)C1)c1ccccc1.